The minimum absolute atomic E-state index is 0.296. The molecule has 2 aliphatic rings. The van der Waals surface area contributed by atoms with Gasteiger partial charge in [-0.25, -0.2) is 4.99 Å². The summed E-state index contributed by atoms with van der Waals surface area (Å²) >= 11 is 7.37. The first-order valence-electron chi connectivity index (χ1n) is 8.66. The first-order valence-corrected chi connectivity index (χ1v) is 9.85. The number of rotatable bonds is 5. The zero-order chi connectivity index (χ0) is 19.8. The van der Waals surface area contributed by atoms with Gasteiger partial charge in [0.15, 0.2) is 0 Å². The maximum atomic E-state index is 12.7. The Kier molecular flexibility index (Phi) is 4.91. The number of carboxylic acids is 1. The number of hydrogen-bond donors (Lipinski definition) is 3. The molecule has 3 N–H and O–H groups in total. The van der Waals surface area contributed by atoms with Gasteiger partial charge in [0.1, 0.15) is 12.1 Å². The summed E-state index contributed by atoms with van der Waals surface area (Å²) in [7, 11) is 0. The van der Waals surface area contributed by atoms with Gasteiger partial charge in [0, 0.05) is 11.3 Å². The van der Waals surface area contributed by atoms with E-state index in [4.69, 9.17) is 16.7 Å². The lowest BCUT2D eigenvalue weighted by Crippen LogP contribution is -2.46. The zero-order valence-corrected chi connectivity index (χ0v) is 16.1. The van der Waals surface area contributed by atoms with E-state index in [1.807, 2.05) is 24.3 Å². The normalized spacial score (nSPS) is 19.5. The number of amides is 2. The van der Waals surface area contributed by atoms with Crippen LogP contribution in [0, 0.1) is 0 Å². The Hall–Kier alpha value is -2.71. The lowest BCUT2D eigenvalue weighted by Gasteiger charge is -2.23. The molecule has 1 aliphatic heterocycles. The largest absolute Gasteiger partial charge is 0.481 e. The second-order valence-corrected chi connectivity index (χ2v) is 8.46. The lowest BCUT2D eigenvalue weighted by atomic mass is 10.1. The summed E-state index contributed by atoms with van der Waals surface area (Å²) in [6.07, 6.45) is 0.349. The van der Waals surface area contributed by atoms with Crippen molar-refractivity contribution in [2.75, 3.05) is 0 Å². The lowest BCUT2D eigenvalue weighted by molar-refractivity contribution is -0.141. The molecule has 1 aliphatic carbocycles. The van der Waals surface area contributed by atoms with Crippen LogP contribution in [0.5, 0.6) is 0 Å². The van der Waals surface area contributed by atoms with E-state index in [0.717, 1.165) is 21.7 Å². The highest BCUT2D eigenvalue weighted by atomic mass is 35.5. The Morgan fingerprint density at radius 1 is 1.25 bits per heavy atom. The molecule has 144 valence electrons. The smallest absolute Gasteiger partial charge is 0.312 e. The van der Waals surface area contributed by atoms with Crippen molar-refractivity contribution in [2.24, 2.45) is 4.99 Å². The fourth-order valence-corrected chi connectivity index (χ4v) is 4.80. The molecule has 0 fully saturated rings. The van der Waals surface area contributed by atoms with Crippen LogP contribution < -0.4 is 10.6 Å². The van der Waals surface area contributed by atoms with Gasteiger partial charge in [-0.3, -0.25) is 14.4 Å². The topological polar surface area (TPSA) is 108 Å². The Bertz CT molecular complexity index is 1020. The van der Waals surface area contributed by atoms with Crippen LogP contribution in [0.15, 0.2) is 35.3 Å². The van der Waals surface area contributed by atoms with Crippen molar-refractivity contribution in [1.29, 1.82) is 0 Å². The zero-order valence-electron chi connectivity index (χ0n) is 14.6. The van der Waals surface area contributed by atoms with E-state index in [1.165, 1.54) is 11.3 Å². The number of hydrogen-bond acceptors (Lipinski definition) is 5. The average Bonchev–Trinajstić information content (AvgIpc) is 3.26. The Morgan fingerprint density at radius 2 is 2.04 bits per heavy atom. The highest BCUT2D eigenvalue weighted by molar-refractivity contribution is 7.17. The van der Waals surface area contributed by atoms with Crippen LogP contribution in [0.1, 0.15) is 28.5 Å². The standard InChI is InChI=1S/C19H16ClN3O4S/c20-15-7-11-14(28-15)6-13(21-11)19(27)22-12-5-9-3-1-2-4-10(9)18(12)23-16(24)8-17(25)26/h1-4,7,12,18H,5-6,8H2,(H,22,27)(H,23,24)(H,25,26)/t12-,18-/m1/s1. The summed E-state index contributed by atoms with van der Waals surface area (Å²) in [6.45, 7) is 0. The van der Waals surface area contributed by atoms with Crippen LogP contribution in [-0.2, 0) is 27.2 Å². The molecule has 28 heavy (non-hydrogen) atoms. The van der Waals surface area contributed by atoms with E-state index in [-0.39, 0.29) is 11.9 Å². The number of halogens is 1. The van der Waals surface area contributed by atoms with Gasteiger partial charge in [0.05, 0.1) is 22.1 Å². The number of carbonyl (C=O) groups excluding carboxylic acids is 2. The molecule has 0 saturated carbocycles. The van der Waals surface area contributed by atoms with Gasteiger partial charge in [-0.05, 0) is 23.6 Å². The quantitative estimate of drug-likeness (QED) is 0.649. The predicted octanol–water partition coefficient (Wildman–Crippen LogP) is 2.40. The highest BCUT2D eigenvalue weighted by Gasteiger charge is 2.36. The average molecular weight is 418 g/mol. The van der Waals surface area contributed by atoms with Crippen molar-refractivity contribution in [3.8, 4) is 0 Å². The molecule has 1 aromatic heterocycles. The number of thiophene rings is 1. The molecule has 0 saturated heterocycles. The van der Waals surface area contributed by atoms with Crippen molar-refractivity contribution in [2.45, 2.75) is 31.3 Å². The summed E-state index contributed by atoms with van der Waals surface area (Å²) in [5.74, 6) is -2.09. The number of nitrogens with one attached hydrogen (secondary N) is 2. The summed E-state index contributed by atoms with van der Waals surface area (Å²) < 4.78 is 0.639. The van der Waals surface area contributed by atoms with E-state index in [2.05, 4.69) is 15.6 Å². The van der Waals surface area contributed by atoms with Gasteiger partial charge in [-0.2, -0.15) is 0 Å². The first kappa shape index (κ1) is 18.6. The minimum Gasteiger partial charge on any atom is -0.481 e. The van der Waals surface area contributed by atoms with E-state index in [1.54, 1.807) is 6.07 Å². The van der Waals surface area contributed by atoms with Gasteiger partial charge in [0.25, 0.3) is 5.91 Å². The molecule has 0 bridgehead atoms. The molecule has 2 atom stereocenters. The van der Waals surface area contributed by atoms with Crippen LogP contribution >= 0.6 is 22.9 Å². The maximum absolute atomic E-state index is 12.7. The van der Waals surface area contributed by atoms with Gasteiger partial charge in [0.2, 0.25) is 5.91 Å². The van der Waals surface area contributed by atoms with Crippen molar-refractivity contribution in [3.05, 3.63) is 50.7 Å². The van der Waals surface area contributed by atoms with Gasteiger partial charge in [-0.15, -0.1) is 11.3 Å². The molecule has 4 rings (SSSR count). The molecule has 2 heterocycles. The molecule has 9 heteroatoms. The Morgan fingerprint density at radius 3 is 2.79 bits per heavy atom. The third-order valence-electron chi connectivity index (χ3n) is 4.78. The highest BCUT2D eigenvalue weighted by Crippen LogP contribution is 2.38. The van der Waals surface area contributed by atoms with Crippen molar-refractivity contribution in [3.63, 3.8) is 0 Å². The molecule has 2 aromatic rings. The first-order chi connectivity index (χ1) is 13.4. The summed E-state index contributed by atoms with van der Waals surface area (Å²) in [5, 5.41) is 14.5. The van der Waals surface area contributed by atoms with E-state index < -0.39 is 24.3 Å². The predicted molar refractivity (Wildman–Crippen MR) is 105 cm³/mol. The van der Waals surface area contributed by atoms with Gasteiger partial charge < -0.3 is 15.7 Å². The fraction of sp³-hybridized carbons (Fsp3) is 0.263. The second-order valence-electron chi connectivity index (χ2n) is 6.69. The van der Waals surface area contributed by atoms with Crippen LogP contribution in [0.3, 0.4) is 0 Å². The summed E-state index contributed by atoms with van der Waals surface area (Å²) in [6, 6.07) is 8.42. The minimum atomic E-state index is -1.20. The SMILES string of the molecule is O=C(O)CC(=O)N[C@@H]1c2ccccc2C[C@H]1NC(=O)C1=Nc2cc(Cl)sc2C1. The molecule has 0 spiro atoms. The third kappa shape index (κ3) is 3.65. The number of nitrogens with zero attached hydrogens (tertiary/aromatic N) is 1. The summed E-state index contributed by atoms with van der Waals surface area (Å²) in [4.78, 5) is 40.9. The Balaban J connectivity index is 1.50. The molecule has 7 nitrogen and oxygen atoms in total. The third-order valence-corrected chi connectivity index (χ3v) is 6.03. The fourth-order valence-electron chi connectivity index (χ4n) is 3.60. The number of benzene rings is 1. The molecular weight excluding hydrogens is 402 g/mol. The van der Waals surface area contributed by atoms with E-state index >= 15 is 0 Å². The number of fused-ring (bicyclic) bond motifs is 2. The second kappa shape index (κ2) is 7.37. The number of carboxylic acid groups (broad SMARTS) is 1. The van der Waals surface area contributed by atoms with Crippen LogP contribution in [0.4, 0.5) is 5.69 Å². The van der Waals surface area contributed by atoms with Crippen molar-refractivity contribution in [1.82, 2.24) is 10.6 Å². The molecule has 2 amide bonds. The Labute approximate surface area is 169 Å². The van der Waals surface area contributed by atoms with Crippen molar-refractivity contribution >= 4 is 52.1 Å². The molecule has 0 unspecified atom stereocenters. The molecular formula is C19H16ClN3O4S. The van der Waals surface area contributed by atoms with Crippen molar-refractivity contribution < 1.29 is 19.5 Å². The van der Waals surface area contributed by atoms with Gasteiger partial charge in [-0.1, -0.05) is 35.9 Å². The van der Waals surface area contributed by atoms with E-state index in [9.17, 15) is 14.4 Å². The van der Waals surface area contributed by atoms with Crippen LogP contribution in [0.25, 0.3) is 0 Å². The molecule has 0 radical (unpaired) electrons. The maximum Gasteiger partial charge on any atom is 0.312 e. The monoisotopic (exact) mass is 417 g/mol. The van der Waals surface area contributed by atoms with Crippen LogP contribution in [0.2, 0.25) is 4.34 Å². The molecule has 1 aromatic carbocycles. The summed E-state index contributed by atoms with van der Waals surface area (Å²) in [5.41, 5.74) is 3.02. The van der Waals surface area contributed by atoms with Gasteiger partial charge >= 0.3 is 5.97 Å². The number of aliphatic carboxylic acids is 1. The number of aliphatic imine (C=N–C) groups is 1. The number of carbonyl (C=O) groups is 3. The van der Waals surface area contributed by atoms with Crippen LogP contribution in [-0.4, -0.2) is 34.6 Å². The van der Waals surface area contributed by atoms with E-state index in [0.29, 0.717) is 22.9 Å².